The third-order valence-corrected chi connectivity index (χ3v) is 2.79. The fourth-order valence-electron chi connectivity index (χ4n) is 1.81. The van der Waals surface area contributed by atoms with Crippen LogP contribution < -0.4 is 0 Å². The van der Waals surface area contributed by atoms with Gasteiger partial charge in [0.2, 0.25) is 0 Å². The van der Waals surface area contributed by atoms with Crippen molar-refractivity contribution in [2.75, 3.05) is 7.11 Å². The molecule has 1 rings (SSSR count). The average Bonchev–Trinajstić information content (AvgIpc) is 2.29. The molecule has 0 heterocycles. The molecule has 3 nitrogen and oxygen atoms in total. The number of hydrogen-bond donors (Lipinski definition) is 0. The minimum Gasteiger partial charge on any atom is -0.468 e. The molecule has 0 aliphatic heterocycles. The Bertz CT molecular complexity index is 411. The van der Waals surface area contributed by atoms with Gasteiger partial charge in [0.15, 0.2) is 0 Å². The second-order valence-electron chi connectivity index (χ2n) is 3.95. The van der Waals surface area contributed by atoms with Crippen molar-refractivity contribution >= 4 is 11.8 Å². The van der Waals surface area contributed by atoms with Crippen molar-refractivity contribution in [3.8, 4) is 0 Å². The minimum atomic E-state index is -0.842. The summed E-state index contributed by atoms with van der Waals surface area (Å²) in [5, 5.41) is 0. The number of carbonyl (C=O) groups is 2. The maximum absolute atomic E-state index is 12.8. The Labute approximate surface area is 99.6 Å². The van der Waals surface area contributed by atoms with E-state index < -0.39 is 11.9 Å². The lowest BCUT2D eigenvalue weighted by molar-refractivity contribution is -0.149. The highest BCUT2D eigenvalue weighted by Crippen LogP contribution is 2.26. The molecular weight excluding hydrogens is 223 g/mol. The Balaban J connectivity index is 2.99. The van der Waals surface area contributed by atoms with Gasteiger partial charge in [-0.05, 0) is 24.6 Å². The Hall–Kier alpha value is -1.71. The highest BCUT2D eigenvalue weighted by Gasteiger charge is 2.31. The van der Waals surface area contributed by atoms with Crippen molar-refractivity contribution in [2.24, 2.45) is 5.92 Å². The third kappa shape index (κ3) is 3.12. The lowest BCUT2D eigenvalue weighted by atomic mass is 9.85. The molecule has 2 atom stereocenters. The maximum atomic E-state index is 12.8. The molecule has 0 aliphatic rings. The van der Waals surface area contributed by atoms with Gasteiger partial charge < -0.3 is 4.74 Å². The van der Waals surface area contributed by atoms with E-state index in [1.54, 1.807) is 19.1 Å². The average molecular weight is 238 g/mol. The van der Waals surface area contributed by atoms with Crippen molar-refractivity contribution in [3.05, 3.63) is 35.6 Å². The monoisotopic (exact) mass is 238 g/mol. The molecule has 0 saturated carbocycles. The van der Waals surface area contributed by atoms with Crippen molar-refractivity contribution in [1.29, 1.82) is 0 Å². The van der Waals surface area contributed by atoms with Gasteiger partial charge in [0.1, 0.15) is 17.5 Å². The van der Waals surface area contributed by atoms with Crippen LogP contribution in [0.15, 0.2) is 24.3 Å². The van der Waals surface area contributed by atoms with Gasteiger partial charge in [-0.25, -0.2) is 4.39 Å². The summed E-state index contributed by atoms with van der Waals surface area (Å²) in [6.45, 7) is 3.10. The second-order valence-corrected chi connectivity index (χ2v) is 3.95. The van der Waals surface area contributed by atoms with Crippen LogP contribution in [0.5, 0.6) is 0 Å². The number of esters is 1. The Morgan fingerprint density at radius 1 is 1.24 bits per heavy atom. The predicted molar refractivity (Wildman–Crippen MR) is 61.0 cm³/mol. The van der Waals surface area contributed by atoms with Crippen LogP contribution in [0.4, 0.5) is 4.39 Å². The lowest BCUT2D eigenvalue weighted by Gasteiger charge is -2.19. The summed E-state index contributed by atoms with van der Waals surface area (Å²) in [5.74, 6) is -2.34. The molecule has 17 heavy (non-hydrogen) atoms. The Kier molecular flexibility index (Phi) is 4.37. The number of hydrogen-bond acceptors (Lipinski definition) is 3. The van der Waals surface area contributed by atoms with Crippen LogP contribution in [0.1, 0.15) is 25.3 Å². The molecule has 0 aromatic heterocycles. The van der Waals surface area contributed by atoms with Crippen molar-refractivity contribution < 1.29 is 18.7 Å². The first-order chi connectivity index (χ1) is 7.97. The molecule has 1 aromatic rings. The van der Waals surface area contributed by atoms with E-state index in [4.69, 9.17) is 0 Å². The highest BCUT2D eigenvalue weighted by atomic mass is 19.1. The smallest absolute Gasteiger partial charge is 0.316 e. The van der Waals surface area contributed by atoms with E-state index >= 15 is 0 Å². The Morgan fingerprint density at radius 2 is 1.76 bits per heavy atom. The number of rotatable bonds is 4. The number of methoxy groups -OCH3 is 1. The molecule has 92 valence electrons. The van der Waals surface area contributed by atoms with Crippen LogP contribution in [0.2, 0.25) is 0 Å². The molecule has 0 aliphatic carbocycles. The molecule has 0 amide bonds. The minimum absolute atomic E-state index is 0.256. The van der Waals surface area contributed by atoms with Gasteiger partial charge in [0, 0.05) is 5.92 Å². The quantitative estimate of drug-likeness (QED) is 0.597. The molecule has 4 heteroatoms. The first-order valence-corrected chi connectivity index (χ1v) is 5.31. The maximum Gasteiger partial charge on any atom is 0.316 e. The number of Topliss-reactive ketones (excluding diaryl/α,β-unsaturated/α-hetero) is 1. The summed E-state index contributed by atoms with van der Waals surface area (Å²) in [7, 11) is 1.25. The van der Waals surface area contributed by atoms with Gasteiger partial charge in [0.25, 0.3) is 0 Å². The zero-order valence-corrected chi connectivity index (χ0v) is 10.1. The van der Waals surface area contributed by atoms with Gasteiger partial charge in [0.05, 0.1) is 7.11 Å². The topological polar surface area (TPSA) is 43.4 Å². The van der Waals surface area contributed by atoms with Gasteiger partial charge in [-0.3, -0.25) is 9.59 Å². The lowest BCUT2D eigenvalue weighted by Crippen LogP contribution is -2.28. The molecule has 0 spiro atoms. The molecule has 0 N–H and O–H groups in total. The van der Waals surface area contributed by atoms with E-state index in [1.165, 1.54) is 26.2 Å². The van der Waals surface area contributed by atoms with Gasteiger partial charge >= 0.3 is 5.97 Å². The fraction of sp³-hybridized carbons (Fsp3) is 0.385. The summed E-state index contributed by atoms with van der Waals surface area (Å²) >= 11 is 0. The number of benzene rings is 1. The number of halogens is 1. The van der Waals surface area contributed by atoms with Crippen LogP contribution in [-0.4, -0.2) is 18.9 Å². The van der Waals surface area contributed by atoms with Crippen molar-refractivity contribution in [2.45, 2.75) is 19.8 Å². The second kappa shape index (κ2) is 5.57. The van der Waals surface area contributed by atoms with Crippen molar-refractivity contribution in [3.63, 3.8) is 0 Å². The first-order valence-electron chi connectivity index (χ1n) is 5.31. The van der Waals surface area contributed by atoms with Crippen LogP contribution in [-0.2, 0) is 14.3 Å². The molecule has 2 unspecified atom stereocenters. The Morgan fingerprint density at radius 3 is 2.18 bits per heavy atom. The standard InChI is InChI=1S/C13H15FO3/c1-8(10-4-6-11(14)7-5-10)12(9(2)15)13(16)17-3/h4-8,12H,1-3H3. The zero-order valence-electron chi connectivity index (χ0n) is 10.1. The molecule has 1 aromatic carbocycles. The molecular formula is C13H15FO3. The van der Waals surface area contributed by atoms with Crippen LogP contribution in [0.3, 0.4) is 0 Å². The SMILES string of the molecule is COC(=O)C(C(C)=O)C(C)c1ccc(F)cc1. The molecule has 0 radical (unpaired) electrons. The molecule has 0 bridgehead atoms. The van der Waals surface area contributed by atoms with Gasteiger partial charge in [-0.2, -0.15) is 0 Å². The van der Waals surface area contributed by atoms with E-state index in [2.05, 4.69) is 4.74 Å². The van der Waals surface area contributed by atoms with E-state index in [1.807, 2.05) is 0 Å². The molecule has 0 fully saturated rings. The summed E-state index contributed by atoms with van der Waals surface area (Å²) in [5.41, 5.74) is 0.733. The van der Waals surface area contributed by atoms with Crippen LogP contribution in [0.25, 0.3) is 0 Å². The summed E-state index contributed by atoms with van der Waals surface area (Å²) < 4.78 is 17.4. The molecule has 0 saturated heterocycles. The predicted octanol–water partition coefficient (Wildman–Crippen LogP) is 2.31. The van der Waals surface area contributed by atoms with Gasteiger partial charge in [-0.1, -0.05) is 19.1 Å². The summed E-state index contributed by atoms with van der Waals surface area (Å²) in [4.78, 5) is 23.0. The van der Waals surface area contributed by atoms with E-state index in [9.17, 15) is 14.0 Å². The van der Waals surface area contributed by atoms with Crippen molar-refractivity contribution in [1.82, 2.24) is 0 Å². The summed E-state index contributed by atoms with van der Waals surface area (Å²) in [6, 6.07) is 5.75. The number of ketones is 1. The normalized spacial score (nSPS) is 13.9. The third-order valence-electron chi connectivity index (χ3n) is 2.79. The van der Waals surface area contributed by atoms with Crippen LogP contribution in [0, 0.1) is 11.7 Å². The number of ether oxygens (including phenoxy) is 1. The summed E-state index contributed by atoms with van der Waals surface area (Å²) in [6.07, 6.45) is 0. The van der Waals surface area contributed by atoms with E-state index in [-0.39, 0.29) is 17.5 Å². The highest BCUT2D eigenvalue weighted by molar-refractivity contribution is 5.98. The largest absolute Gasteiger partial charge is 0.468 e. The van der Waals surface area contributed by atoms with E-state index in [0.717, 1.165) is 5.56 Å². The van der Waals surface area contributed by atoms with Gasteiger partial charge in [-0.15, -0.1) is 0 Å². The fourth-order valence-corrected chi connectivity index (χ4v) is 1.81. The zero-order chi connectivity index (χ0) is 13.0. The van der Waals surface area contributed by atoms with E-state index in [0.29, 0.717) is 0 Å². The van der Waals surface area contributed by atoms with Crippen LogP contribution >= 0.6 is 0 Å². The first kappa shape index (κ1) is 13.4. The number of carbonyl (C=O) groups excluding carboxylic acids is 2.